The van der Waals surface area contributed by atoms with Gasteiger partial charge in [-0.1, -0.05) is 19.8 Å². The zero-order valence-corrected chi connectivity index (χ0v) is 8.97. The first-order valence-electron chi connectivity index (χ1n) is 6.16. The second-order valence-corrected chi connectivity index (χ2v) is 4.79. The van der Waals surface area contributed by atoms with Gasteiger partial charge in [0.05, 0.1) is 0 Å². The van der Waals surface area contributed by atoms with Gasteiger partial charge < -0.3 is 4.90 Å². The normalized spacial score (nSPS) is 35.8. The lowest BCUT2D eigenvalue weighted by atomic mass is 9.81. The molecule has 1 nitrogen and oxygen atoms in total. The molecular weight excluding hydrogens is 158 g/mol. The molecule has 0 aromatic rings. The van der Waals surface area contributed by atoms with Crippen LogP contribution in [-0.4, -0.2) is 24.0 Å². The van der Waals surface area contributed by atoms with Gasteiger partial charge in [-0.2, -0.15) is 0 Å². The van der Waals surface area contributed by atoms with E-state index in [-0.39, 0.29) is 0 Å². The van der Waals surface area contributed by atoms with E-state index in [2.05, 4.69) is 11.8 Å². The predicted octanol–water partition coefficient (Wildman–Crippen LogP) is 3.05. The Morgan fingerprint density at radius 3 is 2.77 bits per heavy atom. The molecule has 0 aromatic carbocycles. The number of piperidine rings is 2. The zero-order valence-electron chi connectivity index (χ0n) is 8.97. The Hall–Kier alpha value is -0.0400. The molecule has 0 bridgehead atoms. The van der Waals surface area contributed by atoms with Crippen LogP contribution in [-0.2, 0) is 0 Å². The Morgan fingerprint density at radius 2 is 1.92 bits per heavy atom. The molecular formula is C12H23N. The van der Waals surface area contributed by atoms with Gasteiger partial charge in [-0.25, -0.2) is 0 Å². The van der Waals surface area contributed by atoms with E-state index in [0.29, 0.717) is 0 Å². The van der Waals surface area contributed by atoms with Crippen molar-refractivity contribution < 1.29 is 0 Å². The van der Waals surface area contributed by atoms with Crippen LogP contribution < -0.4 is 0 Å². The third kappa shape index (κ3) is 2.07. The summed E-state index contributed by atoms with van der Waals surface area (Å²) < 4.78 is 0. The highest BCUT2D eigenvalue weighted by atomic mass is 15.2. The molecule has 0 saturated carbocycles. The fourth-order valence-corrected chi connectivity index (χ4v) is 3.28. The fourth-order valence-electron chi connectivity index (χ4n) is 3.28. The summed E-state index contributed by atoms with van der Waals surface area (Å²) in [5, 5.41) is 0. The molecule has 2 atom stereocenters. The van der Waals surface area contributed by atoms with Crippen molar-refractivity contribution in [3.05, 3.63) is 0 Å². The molecule has 1 heteroatoms. The minimum atomic E-state index is 0.974. The van der Waals surface area contributed by atoms with E-state index in [1.54, 1.807) is 0 Å². The van der Waals surface area contributed by atoms with Crippen molar-refractivity contribution in [2.45, 2.75) is 57.9 Å². The molecule has 0 spiro atoms. The van der Waals surface area contributed by atoms with Crippen LogP contribution in [0.4, 0.5) is 0 Å². The Morgan fingerprint density at radius 1 is 1.08 bits per heavy atom. The van der Waals surface area contributed by atoms with Gasteiger partial charge in [0.15, 0.2) is 0 Å². The SMILES string of the molecule is CCC[C@@H]1CCCN2CCCC[C@H]12. The Labute approximate surface area is 82.5 Å². The zero-order chi connectivity index (χ0) is 9.10. The summed E-state index contributed by atoms with van der Waals surface area (Å²) >= 11 is 0. The monoisotopic (exact) mass is 181 g/mol. The van der Waals surface area contributed by atoms with Crippen LogP contribution in [0.5, 0.6) is 0 Å². The highest BCUT2D eigenvalue weighted by Gasteiger charge is 2.31. The van der Waals surface area contributed by atoms with Gasteiger partial charge in [0.1, 0.15) is 0 Å². The maximum atomic E-state index is 2.77. The van der Waals surface area contributed by atoms with Crippen molar-refractivity contribution in [1.29, 1.82) is 0 Å². The van der Waals surface area contributed by atoms with Crippen molar-refractivity contribution in [2.24, 2.45) is 5.92 Å². The molecule has 2 heterocycles. The summed E-state index contributed by atoms with van der Waals surface area (Å²) in [6.07, 6.45) is 10.3. The Bertz CT molecular complexity index is 151. The summed E-state index contributed by atoms with van der Waals surface area (Å²) in [5.74, 6) is 1.04. The fraction of sp³-hybridized carbons (Fsp3) is 1.00. The topological polar surface area (TPSA) is 3.24 Å². The van der Waals surface area contributed by atoms with Gasteiger partial charge in [0.2, 0.25) is 0 Å². The summed E-state index contributed by atoms with van der Waals surface area (Å²) in [7, 11) is 0. The summed E-state index contributed by atoms with van der Waals surface area (Å²) in [6, 6.07) is 0.974. The molecule has 2 saturated heterocycles. The molecule has 76 valence electrons. The third-order valence-corrected chi connectivity index (χ3v) is 3.89. The number of fused-ring (bicyclic) bond motifs is 1. The molecule has 2 aliphatic heterocycles. The lowest BCUT2D eigenvalue weighted by molar-refractivity contribution is 0.0555. The van der Waals surface area contributed by atoms with Crippen LogP contribution in [0.25, 0.3) is 0 Å². The van der Waals surface area contributed by atoms with E-state index in [1.165, 1.54) is 58.0 Å². The molecule has 2 aliphatic rings. The first kappa shape index (κ1) is 9.51. The largest absolute Gasteiger partial charge is 0.300 e. The molecule has 0 aliphatic carbocycles. The van der Waals surface area contributed by atoms with E-state index in [4.69, 9.17) is 0 Å². The molecule has 0 unspecified atom stereocenters. The average Bonchev–Trinajstić information content (AvgIpc) is 2.19. The molecule has 0 radical (unpaired) electrons. The lowest BCUT2D eigenvalue weighted by Crippen LogP contribution is -2.47. The Balaban J connectivity index is 1.94. The average molecular weight is 181 g/mol. The minimum Gasteiger partial charge on any atom is -0.300 e. The van der Waals surface area contributed by atoms with Crippen LogP contribution in [0, 0.1) is 5.92 Å². The maximum Gasteiger partial charge on any atom is 0.0123 e. The third-order valence-electron chi connectivity index (χ3n) is 3.89. The first-order valence-corrected chi connectivity index (χ1v) is 6.16. The summed E-state index contributed by atoms with van der Waals surface area (Å²) in [4.78, 5) is 2.77. The smallest absolute Gasteiger partial charge is 0.0123 e. The quantitative estimate of drug-likeness (QED) is 0.633. The first-order chi connectivity index (χ1) is 6.42. The highest BCUT2D eigenvalue weighted by Crippen LogP contribution is 2.33. The summed E-state index contributed by atoms with van der Waals surface area (Å²) in [5.41, 5.74) is 0. The van der Waals surface area contributed by atoms with Crippen LogP contribution in [0.2, 0.25) is 0 Å². The number of nitrogens with zero attached hydrogens (tertiary/aromatic N) is 1. The van der Waals surface area contributed by atoms with Gasteiger partial charge in [-0.3, -0.25) is 0 Å². The maximum absolute atomic E-state index is 2.77. The minimum absolute atomic E-state index is 0.974. The predicted molar refractivity (Wildman–Crippen MR) is 56.8 cm³/mol. The molecule has 2 rings (SSSR count). The standard InChI is InChI=1S/C12H23N/c1-2-6-11-7-5-10-13-9-4-3-8-12(11)13/h11-12H,2-10H2,1H3/t11-,12-/m1/s1. The Kier molecular flexibility index (Phi) is 3.26. The van der Waals surface area contributed by atoms with Gasteiger partial charge in [0.25, 0.3) is 0 Å². The van der Waals surface area contributed by atoms with Crippen LogP contribution in [0.3, 0.4) is 0 Å². The second kappa shape index (κ2) is 4.45. The van der Waals surface area contributed by atoms with Crippen molar-refractivity contribution in [2.75, 3.05) is 13.1 Å². The molecule has 13 heavy (non-hydrogen) atoms. The van der Waals surface area contributed by atoms with E-state index < -0.39 is 0 Å². The van der Waals surface area contributed by atoms with Crippen molar-refractivity contribution in [3.8, 4) is 0 Å². The highest BCUT2D eigenvalue weighted by molar-refractivity contribution is 4.86. The van der Waals surface area contributed by atoms with Crippen LogP contribution >= 0.6 is 0 Å². The number of hydrogen-bond acceptors (Lipinski definition) is 1. The second-order valence-electron chi connectivity index (χ2n) is 4.79. The van der Waals surface area contributed by atoms with Crippen molar-refractivity contribution in [1.82, 2.24) is 4.90 Å². The van der Waals surface area contributed by atoms with Gasteiger partial charge in [-0.15, -0.1) is 0 Å². The number of rotatable bonds is 2. The van der Waals surface area contributed by atoms with Crippen LogP contribution in [0.15, 0.2) is 0 Å². The van der Waals surface area contributed by atoms with E-state index in [0.717, 1.165) is 12.0 Å². The molecule has 2 fully saturated rings. The number of hydrogen-bond donors (Lipinski definition) is 0. The summed E-state index contributed by atoms with van der Waals surface area (Å²) in [6.45, 7) is 5.12. The van der Waals surface area contributed by atoms with Gasteiger partial charge >= 0.3 is 0 Å². The van der Waals surface area contributed by atoms with Gasteiger partial charge in [-0.05, 0) is 51.1 Å². The van der Waals surface area contributed by atoms with Crippen LogP contribution in [0.1, 0.15) is 51.9 Å². The van der Waals surface area contributed by atoms with E-state index in [1.807, 2.05) is 0 Å². The van der Waals surface area contributed by atoms with Gasteiger partial charge in [0, 0.05) is 6.04 Å². The lowest BCUT2D eigenvalue weighted by Gasteiger charge is -2.44. The van der Waals surface area contributed by atoms with E-state index >= 15 is 0 Å². The van der Waals surface area contributed by atoms with E-state index in [9.17, 15) is 0 Å². The molecule has 0 N–H and O–H groups in total. The molecule has 0 amide bonds. The van der Waals surface area contributed by atoms with Crippen molar-refractivity contribution >= 4 is 0 Å². The molecule has 0 aromatic heterocycles. The van der Waals surface area contributed by atoms with Crippen molar-refractivity contribution in [3.63, 3.8) is 0 Å².